The first kappa shape index (κ1) is 39.8. The lowest BCUT2D eigenvalue weighted by Gasteiger charge is -2.32. The maximum absolute atomic E-state index is 14.5. The highest BCUT2D eigenvalue weighted by atomic mass is 32.2. The zero-order valence-electron chi connectivity index (χ0n) is 31.2. The number of nitrogens with zero attached hydrogens (tertiary/aromatic N) is 3. The van der Waals surface area contributed by atoms with E-state index in [9.17, 15) is 28.8 Å². The van der Waals surface area contributed by atoms with Gasteiger partial charge in [0.25, 0.3) is 11.8 Å². The number of morpholine rings is 1. The maximum Gasteiger partial charge on any atom is 0.261 e. The van der Waals surface area contributed by atoms with E-state index in [0.29, 0.717) is 76.1 Å². The number of ether oxygens (including phenoxy) is 1. The van der Waals surface area contributed by atoms with Crippen LogP contribution in [0.3, 0.4) is 0 Å². The Morgan fingerprint density at radius 1 is 0.818 bits per heavy atom. The van der Waals surface area contributed by atoms with Gasteiger partial charge in [-0.15, -0.1) is 0 Å². The fourth-order valence-corrected chi connectivity index (χ4v) is 8.64. The number of likely N-dealkylation sites (tertiary alicyclic amines) is 1. The van der Waals surface area contributed by atoms with Crippen LogP contribution < -0.4 is 10.6 Å². The van der Waals surface area contributed by atoms with E-state index in [2.05, 4.69) is 10.6 Å². The van der Waals surface area contributed by atoms with Crippen molar-refractivity contribution in [2.75, 3.05) is 53.0 Å². The Kier molecular flexibility index (Phi) is 13.9. The molecule has 1 unspecified atom stereocenters. The lowest BCUT2D eigenvalue weighted by atomic mass is 9.90. The van der Waals surface area contributed by atoms with Crippen LogP contribution in [0.25, 0.3) is 0 Å². The predicted molar refractivity (Wildman–Crippen MR) is 209 cm³/mol. The third kappa shape index (κ3) is 10.1. The summed E-state index contributed by atoms with van der Waals surface area (Å²) in [4.78, 5) is 86.4. The van der Waals surface area contributed by atoms with E-state index in [1.165, 1.54) is 4.90 Å². The second-order valence-electron chi connectivity index (χ2n) is 14.2. The van der Waals surface area contributed by atoms with Crippen LogP contribution in [0.4, 0.5) is 0 Å². The third-order valence-corrected chi connectivity index (χ3v) is 11.7. The van der Waals surface area contributed by atoms with Gasteiger partial charge < -0.3 is 20.3 Å². The van der Waals surface area contributed by atoms with E-state index >= 15 is 0 Å². The Hall–Kier alpha value is -4.85. The summed E-state index contributed by atoms with van der Waals surface area (Å²) in [6.07, 6.45) is 2.42. The highest BCUT2D eigenvalue weighted by molar-refractivity contribution is 8.14. The average molecular weight is 768 g/mol. The number of nitrogens with one attached hydrogen (secondary N) is 2. The molecular weight excluding hydrogens is 719 g/mol. The normalized spacial score (nSPS) is 20.1. The summed E-state index contributed by atoms with van der Waals surface area (Å²) in [5, 5.41) is 4.79. The van der Waals surface area contributed by atoms with Crippen LogP contribution in [0.2, 0.25) is 0 Å². The number of carbonyl (C=O) groups is 6. The van der Waals surface area contributed by atoms with Gasteiger partial charge in [-0.1, -0.05) is 91.0 Å². The first-order chi connectivity index (χ1) is 26.7. The van der Waals surface area contributed by atoms with Crippen molar-refractivity contribution in [3.8, 4) is 0 Å². The molecule has 290 valence electrons. The Bertz CT molecular complexity index is 1800. The van der Waals surface area contributed by atoms with Crippen LogP contribution in [0, 0.1) is 0 Å². The zero-order valence-corrected chi connectivity index (χ0v) is 32.0. The monoisotopic (exact) mass is 767 g/mol. The minimum Gasteiger partial charge on any atom is -0.379 e. The fourth-order valence-electron chi connectivity index (χ4n) is 7.60. The summed E-state index contributed by atoms with van der Waals surface area (Å²) in [7, 11) is 1.55. The van der Waals surface area contributed by atoms with Crippen molar-refractivity contribution < 1.29 is 33.5 Å². The minimum atomic E-state index is -0.945. The molecule has 0 saturated carbocycles. The van der Waals surface area contributed by atoms with Gasteiger partial charge in [0.1, 0.15) is 12.1 Å². The van der Waals surface area contributed by atoms with Gasteiger partial charge in [-0.05, 0) is 54.9 Å². The summed E-state index contributed by atoms with van der Waals surface area (Å²) in [6, 6.07) is 24.4. The summed E-state index contributed by atoms with van der Waals surface area (Å²) in [5.41, 5.74) is 2.71. The number of hydrogen-bond acceptors (Lipinski definition) is 9. The van der Waals surface area contributed by atoms with Gasteiger partial charge in [-0.25, -0.2) is 0 Å². The molecule has 3 heterocycles. The predicted octanol–water partition coefficient (Wildman–Crippen LogP) is 3.66. The van der Waals surface area contributed by atoms with Gasteiger partial charge >= 0.3 is 0 Å². The van der Waals surface area contributed by atoms with Gasteiger partial charge in [0.2, 0.25) is 22.8 Å². The van der Waals surface area contributed by atoms with Crippen LogP contribution in [0.5, 0.6) is 0 Å². The molecule has 55 heavy (non-hydrogen) atoms. The van der Waals surface area contributed by atoms with E-state index < -0.39 is 23.2 Å². The summed E-state index contributed by atoms with van der Waals surface area (Å²) < 4.78 is 5.43. The van der Waals surface area contributed by atoms with Crippen LogP contribution in [0.1, 0.15) is 69.9 Å². The first-order valence-electron chi connectivity index (χ1n) is 19.1. The van der Waals surface area contributed by atoms with Gasteiger partial charge in [0, 0.05) is 39.6 Å². The number of imide groups is 1. The van der Waals surface area contributed by atoms with Gasteiger partial charge in [-0.2, -0.15) is 0 Å². The molecule has 13 heteroatoms. The number of fused-ring (bicyclic) bond motifs is 1. The van der Waals surface area contributed by atoms with E-state index in [0.717, 1.165) is 22.9 Å². The first-order valence-corrected chi connectivity index (χ1v) is 20.0. The molecule has 5 amide bonds. The molecule has 3 aliphatic heterocycles. The lowest BCUT2D eigenvalue weighted by molar-refractivity contribution is -0.142. The van der Waals surface area contributed by atoms with Crippen LogP contribution in [0.15, 0.2) is 84.9 Å². The topological polar surface area (TPSA) is 145 Å². The van der Waals surface area contributed by atoms with Gasteiger partial charge in [0.15, 0.2) is 0 Å². The summed E-state index contributed by atoms with van der Waals surface area (Å²) in [5.74, 6) is -1.82. The second kappa shape index (κ2) is 19.1. The molecule has 0 spiro atoms. The molecule has 2 N–H and O–H groups in total. The average Bonchev–Trinajstić information content (AvgIpc) is 3.34. The molecule has 3 aromatic rings. The SMILES string of the molecule is CNC(=O)[C@H](Cc1ccccc1)N1CC[C@H](c2ccccc2)C[C@H](NC(=O)C(CCCCN2C(=O)c3ccccc3C2=O)SC(=O)CN2CCOCC2)C1=O. The molecule has 12 nitrogen and oxygen atoms in total. The van der Waals surface area contributed by atoms with Gasteiger partial charge in [0.05, 0.1) is 36.1 Å². The van der Waals surface area contributed by atoms with Gasteiger partial charge in [-0.3, -0.25) is 38.6 Å². The van der Waals surface area contributed by atoms with Crippen molar-refractivity contribution in [1.29, 1.82) is 0 Å². The molecule has 0 bridgehead atoms. The molecule has 3 aromatic carbocycles. The fraction of sp³-hybridized carbons (Fsp3) is 0.429. The number of rotatable bonds is 15. The summed E-state index contributed by atoms with van der Waals surface area (Å²) in [6.45, 7) is 2.96. The Morgan fingerprint density at radius 3 is 2.11 bits per heavy atom. The number of likely N-dealkylation sites (N-methyl/N-ethyl adjacent to an activating group) is 1. The largest absolute Gasteiger partial charge is 0.379 e. The van der Waals surface area contributed by atoms with Crippen LogP contribution in [-0.4, -0.2) is 120 Å². The second-order valence-corrected chi connectivity index (χ2v) is 15.5. The standard InChI is InChI=1S/C42H49N5O7S/c1-43-38(49)35(26-29-12-4-2-5-13-29)46-21-19-31(30-14-6-3-7-15-30)27-34(42(46)53)44-39(50)36(55-37(48)28-45-22-24-54-25-23-45)18-10-11-20-47-40(51)32-16-8-9-17-33(32)41(47)52/h2-9,12-17,31,34-36H,10-11,18-28H2,1H3,(H,43,49)(H,44,50)/t31-,34-,35-,36?/m0/s1. The Labute approximate surface area is 326 Å². The molecule has 0 radical (unpaired) electrons. The summed E-state index contributed by atoms with van der Waals surface area (Å²) >= 11 is 0.960. The van der Waals surface area contributed by atoms with Crippen molar-refractivity contribution in [1.82, 2.24) is 25.3 Å². The third-order valence-electron chi connectivity index (χ3n) is 10.6. The highest BCUT2D eigenvalue weighted by Crippen LogP contribution is 2.31. The molecule has 3 aliphatic rings. The minimum absolute atomic E-state index is 0.0729. The van der Waals surface area contributed by atoms with Crippen molar-refractivity contribution >= 4 is 46.4 Å². The lowest BCUT2D eigenvalue weighted by Crippen LogP contribution is -2.56. The van der Waals surface area contributed by atoms with Crippen LogP contribution >= 0.6 is 11.8 Å². The maximum atomic E-state index is 14.5. The molecule has 0 aliphatic carbocycles. The van der Waals surface area contributed by atoms with Crippen LogP contribution in [-0.2, 0) is 30.3 Å². The number of benzene rings is 3. The quantitative estimate of drug-likeness (QED) is 0.175. The Balaban J connectivity index is 1.19. The molecular formula is C42H49N5O7S. The van der Waals surface area contributed by atoms with Crippen molar-refractivity contribution in [3.05, 3.63) is 107 Å². The van der Waals surface area contributed by atoms with Crippen molar-refractivity contribution in [3.63, 3.8) is 0 Å². The zero-order chi connectivity index (χ0) is 38.7. The molecule has 2 fully saturated rings. The van der Waals surface area contributed by atoms with E-state index in [1.54, 1.807) is 36.2 Å². The van der Waals surface area contributed by atoms with E-state index in [4.69, 9.17) is 4.74 Å². The molecule has 0 aromatic heterocycles. The number of hydrogen-bond donors (Lipinski definition) is 2. The van der Waals surface area contributed by atoms with Crippen molar-refractivity contribution in [2.24, 2.45) is 0 Å². The highest BCUT2D eigenvalue weighted by Gasteiger charge is 2.40. The number of unbranched alkanes of at least 4 members (excludes halogenated alkanes) is 1. The molecule has 2 saturated heterocycles. The number of thioether (sulfide) groups is 1. The number of amides is 5. The number of carbonyl (C=O) groups excluding carboxylic acids is 6. The molecule has 4 atom stereocenters. The van der Waals surface area contributed by atoms with Crippen molar-refractivity contribution in [2.45, 2.75) is 61.8 Å². The van der Waals surface area contributed by atoms with E-state index in [-0.39, 0.29) is 54.2 Å². The smallest absolute Gasteiger partial charge is 0.261 e. The molecule has 6 rings (SSSR count). The van der Waals surface area contributed by atoms with E-state index in [1.807, 2.05) is 65.6 Å². The Morgan fingerprint density at radius 2 is 1.45 bits per heavy atom.